The zero-order chi connectivity index (χ0) is 16.9. The molecule has 0 bridgehead atoms. The largest absolute Gasteiger partial charge is 0.282 e. The van der Waals surface area contributed by atoms with E-state index in [4.69, 9.17) is 4.84 Å². The Hall–Kier alpha value is -2.21. The highest BCUT2D eigenvalue weighted by atomic mass is 16.6. The summed E-state index contributed by atoms with van der Waals surface area (Å²) in [5.74, 6) is -0.876. The van der Waals surface area contributed by atoms with Gasteiger partial charge in [-0.2, -0.15) is 0 Å². The van der Waals surface area contributed by atoms with Crippen molar-refractivity contribution in [1.29, 1.82) is 0 Å². The molecular weight excluding hydrogens is 308 g/mol. The van der Waals surface area contributed by atoms with Crippen LogP contribution in [0.2, 0.25) is 0 Å². The van der Waals surface area contributed by atoms with E-state index < -0.39 is 0 Å². The summed E-state index contributed by atoms with van der Waals surface area (Å²) in [5.41, 5.74) is 3.31. The van der Waals surface area contributed by atoms with Crippen LogP contribution in [-0.2, 0) is 25.8 Å². The summed E-state index contributed by atoms with van der Waals surface area (Å²) < 4.78 is 0. The fraction of sp³-hybridized carbons (Fsp3) is 0.500. The normalized spacial score (nSPS) is 23.2. The number of benzene rings is 1. The van der Waals surface area contributed by atoms with Gasteiger partial charge in [0.2, 0.25) is 17.7 Å². The quantitative estimate of drug-likeness (QED) is 0.637. The molecular formula is C18H22N2O4. The van der Waals surface area contributed by atoms with Gasteiger partial charge in [-0.15, -0.1) is 0 Å². The van der Waals surface area contributed by atoms with Gasteiger partial charge in [0.25, 0.3) is 0 Å². The Bertz CT molecular complexity index is 593. The van der Waals surface area contributed by atoms with Gasteiger partial charge in [0, 0.05) is 13.0 Å². The number of likely N-dealkylation sites (tertiary alicyclic amines) is 1. The topological polar surface area (TPSA) is 75.7 Å². The van der Waals surface area contributed by atoms with Gasteiger partial charge in [-0.3, -0.25) is 24.1 Å². The fourth-order valence-electron chi connectivity index (χ4n) is 3.49. The molecule has 2 fully saturated rings. The Balaban J connectivity index is 1.42. The van der Waals surface area contributed by atoms with Crippen LogP contribution in [0.4, 0.5) is 0 Å². The van der Waals surface area contributed by atoms with Gasteiger partial charge in [-0.05, 0) is 18.4 Å². The van der Waals surface area contributed by atoms with Gasteiger partial charge < -0.3 is 0 Å². The number of hydroxylamine groups is 1. The molecule has 24 heavy (non-hydrogen) atoms. The second-order valence-corrected chi connectivity index (χ2v) is 6.38. The van der Waals surface area contributed by atoms with Gasteiger partial charge in [-0.1, -0.05) is 43.2 Å². The van der Waals surface area contributed by atoms with E-state index in [1.54, 1.807) is 0 Å². The number of hydrogen-bond acceptors (Lipinski definition) is 4. The number of imide groups is 1. The van der Waals surface area contributed by atoms with E-state index in [9.17, 15) is 14.4 Å². The van der Waals surface area contributed by atoms with Crippen LogP contribution in [0, 0.1) is 11.8 Å². The average molecular weight is 330 g/mol. The van der Waals surface area contributed by atoms with Crippen LogP contribution >= 0.6 is 0 Å². The molecule has 1 heterocycles. The van der Waals surface area contributed by atoms with Gasteiger partial charge >= 0.3 is 0 Å². The number of fused-ring (bicyclic) bond motifs is 1. The summed E-state index contributed by atoms with van der Waals surface area (Å²) in [6.07, 6.45) is 3.64. The minimum absolute atomic E-state index is 0.0612. The predicted molar refractivity (Wildman–Crippen MR) is 86.2 cm³/mol. The van der Waals surface area contributed by atoms with E-state index in [1.807, 2.05) is 30.3 Å². The van der Waals surface area contributed by atoms with E-state index in [-0.39, 0.29) is 49.1 Å². The maximum absolute atomic E-state index is 12.3. The van der Waals surface area contributed by atoms with Gasteiger partial charge in [-0.25, -0.2) is 5.48 Å². The third-order valence-corrected chi connectivity index (χ3v) is 4.76. The fourth-order valence-corrected chi connectivity index (χ4v) is 3.49. The Morgan fingerprint density at radius 1 is 1.08 bits per heavy atom. The molecule has 0 aromatic heterocycles. The number of hydrogen-bond donors (Lipinski definition) is 1. The molecule has 0 radical (unpaired) electrons. The van der Waals surface area contributed by atoms with Crippen LogP contribution < -0.4 is 5.48 Å². The number of carbonyl (C=O) groups excluding carboxylic acids is 3. The Morgan fingerprint density at radius 3 is 2.33 bits per heavy atom. The van der Waals surface area contributed by atoms with Crippen molar-refractivity contribution in [2.75, 3.05) is 6.54 Å². The van der Waals surface area contributed by atoms with Crippen molar-refractivity contribution < 1.29 is 19.2 Å². The van der Waals surface area contributed by atoms with E-state index in [0.29, 0.717) is 0 Å². The van der Waals surface area contributed by atoms with Crippen molar-refractivity contribution in [3.8, 4) is 0 Å². The summed E-state index contributed by atoms with van der Waals surface area (Å²) in [7, 11) is 0. The molecule has 1 aromatic carbocycles. The first kappa shape index (κ1) is 16.6. The second-order valence-electron chi connectivity index (χ2n) is 6.38. The number of carbonyl (C=O) groups is 3. The van der Waals surface area contributed by atoms with Crippen LogP contribution in [0.15, 0.2) is 30.3 Å². The molecule has 2 atom stereocenters. The molecule has 6 heteroatoms. The Labute approximate surface area is 141 Å². The molecule has 128 valence electrons. The van der Waals surface area contributed by atoms with Crippen LogP contribution in [0.25, 0.3) is 0 Å². The Kier molecular flexibility index (Phi) is 5.25. The van der Waals surface area contributed by atoms with E-state index >= 15 is 0 Å². The lowest BCUT2D eigenvalue weighted by molar-refractivity contribution is -0.141. The van der Waals surface area contributed by atoms with Gasteiger partial charge in [0.05, 0.1) is 18.4 Å². The van der Waals surface area contributed by atoms with Gasteiger partial charge in [0.1, 0.15) is 0 Å². The highest BCUT2D eigenvalue weighted by Gasteiger charge is 2.47. The smallest absolute Gasteiger partial charge is 0.245 e. The third-order valence-electron chi connectivity index (χ3n) is 4.76. The molecule has 1 aromatic rings. The maximum atomic E-state index is 12.3. The summed E-state index contributed by atoms with van der Waals surface area (Å²) in [5, 5.41) is 0. The molecule has 2 aliphatic rings. The lowest BCUT2D eigenvalue weighted by Gasteiger charge is -2.19. The number of amides is 3. The predicted octanol–water partition coefficient (Wildman–Crippen LogP) is 1.80. The molecule has 1 N–H and O–H groups in total. The first-order valence-electron chi connectivity index (χ1n) is 8.46. The minimum Gasteiger partial charge on any atom is -0.282 e. The van der Waals surface area contributed by atoms with E-state index in [2.05, 4.69) is 5.48 Å². The second kappa shape index (κ2) is 7.57. The third kappa shape index (κ3) is 3.64. The summed E-state index contributed by atoms with van der Waals surface area (Å²) in [4.78, 5) is 42.9. The molecule has 0 unspecified atom stereocenters. The maximum Gasteiger partial charge on any atom is 0.245 e. The lowest BCUT2D eigenvalue weighted by Crippen LogP contribution is -2.35. The number of nitrogens with one attached hydrogen (secondary N) is 1. The number of nitrogens with zero attached hydrogens (tertiary/aromatic N) is 1. The van der Waals surface area contributed by atoms with Gasteiger partial charge in [0.15, 0.2) is 0 Å². The van der Waals surface area contributed by atoms with E-state index in [0.717, 1.165) is 31.2 Å². The zero-order valence-corrected chi connectivity index (χ0v) is 13.6. The minimum atomic E-state index is -0.332. The van der Waals surface area contributed by atoms with Crippen molar-refractivity contribution in [3.05, 3.63) is 35.9 Å². The zero-order valence-electron chi connectivity index (χ0n) is 13.6. The highest BCUT2D eigenvalue weighted by Crippen LogP contribution is 2.37. The monoisotopic (exact) mass is 330 g/mol. The van der Waals surface area contributed by atoms with Crippen molar-refractivity contribution in [1.82, 2.24) is 10.4 Å². The van der Waals surface area contributed by atoms with Crippen LogP contribution in [-0.4, -0.2) is 29.2 Å². The van der Waals surface area contributed by atoms with Crippen LogP contribution in [0.1, 0.15) is 37.7 Å². The first-order valence-corrected chi connectivity index (χ1v) is 8.46. The van der Waals surface area contributed by atoms with Crippen molar-refractivity contribution in [2.45, 2.75) is 38.7 Å². The standard InChI is InChI=1S/C18H22N2O4/c21-16(19-24-12-13-6-2-1-3-7-13)10-11-20-17(22)14-8-4-5-9-15(14)18(20)23/h1-3,6-7,14-15H,4-5,8-12H2,(H,19,21)/t14-,15-/m1/s1. The summed E-state index contributed by atoms with van der Waals surface area (Å²) in [6, 6.07) is 9.49. The molecule has 1 saturated heterocycles. The van der Waals surface area contributed by atoms with Crippen LogP contribution in [0.5, 0.6) is 0 Å². The Morgan fingerprint density at radius 2 is 1.71 bits per heavy atom. The first-order chi connectivity index (χ1) is 11.7. The molecule has 1 saturated carbocycles. The van der Waals surface area contributed by atoms with Crippen molar-refractivity contribution in [3.63, 3.8) is 0 Å². The molecule has 3 rings (SSSR count). The molecule has 6 nitrogen and oxygen atoms in total. The average Bonchev–Trinajstić information content (AvgIpc) is 2.85. The highest BCUT2D eigenvalue weighted by molar-refractivity contribution is 6.05. The molecule has 3 amide bonds. The number of rotatable bonds is 6. The summed E-state index contributed by atoms with van der Waals surface area (Å²) in [6.45, 7) is 0.406. The molecule has 1 aliphatic carbocycles. The summed E-state index contributed by atoms with van der Waals surface area (Å²) >= 11 is 0. The van der Waals surface area contributed by atoms with Crippen molar-refractivity contribution in [2.24, 2.45) is 11.8 Å². The molecule has 1 aliphatic heterocycles. The van der Waals surface area contributed by atoms with E-state index in [1.165, 1.54) is 4.90 Å². The lowest BCUT2D eigenvalue weighted by atomic mass is 9.81. The van der Waals surface area contributed by atoms with Crippen LogP contribution in [0.3, 0.4) is 0 Å². The molecule has 0 spiro atoms. The SMILES string of the molecule is O=C(CCN1C(=O)[C@@H]2CCCC[C@H]2C1=O)NOCc1ccccc1. The van der Waals surface area contributed by atoms with Crippen molar-refractivity contribution >= 4 is 17.7 Å².